The number of hydrogen-bond donors (Lipinski definition) is 1. The van der Waals surface area contributed by atoms with Gasteiger partial charge in [0.15, 0.2) is 0 Å². The molecule has 0 bridgehead atoms. The molecular weight excluding hydrogens is 224 g/mol. The number of hydrogen-bond acceptors (Lipinski definition) is 4. The Kier molecular flexibility index (Phi) is 4.50. The van der Waals surface area contributed by atoms with Gasteiger partial charge in [-0.15, -0.1) is 0 Å². The number of aryl methyl sites for hydroxylation is 1. The van der Waals surface area contributed by atoms with Crippen molar-refractivity contribution < 1.29 is 0 Å². The summed E-state index contributed by atoms with van der Waals surface area (Å²) >= 11 is 6.00. The smallest absolute Gasteiger partial charge is 0.137 e. The molecule has 1 heterocycles. The van der Waals surface area contributed by atoms with Crippen LogP contribution in [0.4, 0.5) is 5.82 Å². The van der Waals surface area contributed by atoms with Gasteiger partial charge < -0.3 is 10.2 Å². The van der Waals surface area contributed by atoms with Gasteiger partial charge in [0.25, 0.3) is 0 Å². The summed E-state index contributed by atoms with van der Waals surface area (Å²) in [5, 5.41) is 3.82. The molecule has 1 atom stereocenters. The summed E-state index contributed by atoms with van der Waals surface area (Å²) < 4.78 is 0. The van der Waals surface area contributed by atoms with Crippen LogP contribution < -0.4 is 5.32 Å². The number of nitrogens with zero attached hydrogens (tertiary/aromatic N) is 3. The number of aromatic nitrogens is 2. The summed E-state index contributed by atoms with van der Waals surface area (Å²) in [6, 6.07) is 0.438. The molecule has 1 unspecified atom stereocenters. The summed E-state index contributed by atoms with van der Waals surface area (Å²) in [5.74, 6) is 1.52. The fourth-order valence-electron chi connectivity index (χ4n) is 1.19. The van der Waals surface area contributed by atoms with Gasteiger partial charge in [0.1, 0.15) is 16.8 Å². The first-order chi connectivity index (χ1) is 7.41. The van der Waals surface area contributed by atoms with E-state index in [1.807, 2.05) is 13.8 Å². The Hall–Kier alpha value is -0.870. The lowest BCUT2D eigenvalue weighted by molar-refractivity contribution is 0.326. The molecule has 0 aliphatic carbocycles. The van der Waals surface area contributed by atoms with Crippen LogP contribution in [-0.2, 0) is 0 Å². The second-order valence-corrected chi connectivity index (χ2v) is 4.59. The van der Waals surface area contributed by atoms with Gasteiger partial charge in [0, 0.05) is 18.2 Å². The highest BCUT2D eigenvalue weighted by molar-refractivity contribution is 6.30. The molecule has 1 aromatic rings. The molecule has 0 saturated heterocycles. The topological polar surface area (TPSA) is 41.1 Å². The normalized spacial score (nSPS) is 12.9. The molecule has 4 nitrogen and oxygen atoms in total. The maximum atomic E-state index is 6.00. The minimum Gasteiger partial charge on any atom is -0.368 e. The molecule has 1 N–H and O–H groups in total. The van der Waals surface area contributed by atoms with Crippen LogP contribution in [0.25, 0.3) is 0 Å². The van der Waals surface area contributed by atoms with Gasteiger partial charge in [-0.2, -0.15) is 0 Å². The largest absolute Gasteiger partial charge is 0.368 e. The van der Waals surface area contributed by atoms with Crippen LogP contribution in [0.1, 0.15) is 18.3 Å². The third kappa shape index (κ3) is 3.32. The predicted octanol–water partition coefficient (Wildman–Crippen LogP) is 2.11. The van der Waals surface area contributed by atoms with E-state index in [9.17, 15) is 0 Å². The van der Waals surface area contributed by atoms with Crippen LogP contribution in [0.3, 0.4) is 0 Å². The zero-order valence-electron chi connectivity index (χ0n) is 10.5. The van der Waals surface area contributed by atoms with Crippen LogP contribution in [0.5, 0.6) is 0 Å². The Morgan fingerprint density at radius 2 is 1.94 bits per heavy atom. The summed E-state index contributed by atoms with van der Waals surface area (Å²) in [7, 11) is 4.11. The van der Waals surface area contributed by atoms with E-state index in [4.69, 9.17) is 11.6 Å². The van der Waals surface area contributed by atoms with Crippen molar-refractivity contribution in [2.45, 2.75) is 26.8 Å². The van der Waals surface area contributed by atoms with Crippen molar-refractivity contribution in [2.24, 2.45) is 0 Å². The average Bonchev–Trinajstić information content (AvgIpc) is 2.20. The predicted molar refractivity (Wildman–Crippen MR) is 68.2 cm³/mol. The second kappa shape index (κ2) is 5.46. The van der Waals surface area contributed by atoms with Crippen molar-refractivity contribution in [1.29, 1.82) is 0 Å². The minimum atomic E-state index is 0.438. The Balaban J connectivity index is 2.74. The lowest BCUT2D eigenvalue weighted by atomic mass is 10.3. The molecule has 0 spiro atoms. The summed E-state index contributed by atoms with van der Waals surface area (Å²) in [4.78, 5) is 10.6. The zero-order chi connectivity index (χ0) is 12.3. The number of halogens is 1. The highest BCUT2D eigenvalue weighted by atomic mass is 35.5. The Bertz CT molecular complexity index is 365. The third-order valence-electron chi connectivity index (χ3n) is 2.64. The van der Waals surface area contributed by atoms with Crippen molar-refractivity contribution >= 4 is 17.4 Å². The van der Waals surface area contributed by atoms with Gasteiger partial charge in [-0.3, -0.25) is 0 Å². The lowest BCUT2D eigenvalue weighted by Gasteiger charge is -2.21. The fraction of sp³-hybridized carbons (Fsp3) is 0.636. The lowest BCUT2D eigenvalue weighted by Crippen LogP contribution is -2.31. The molecule has 1 rings (SSSR count). The van der Waals surface area contributed by atoms with Crippen LogP contribution in [0, 0.1) is 13.8 Å². The monoisotopic (exact) mass is 242 g/mol. The first-order valence-electron chi connectivity index (χ1n) is 5.33. The zero-order valence-corrected chi connectivity index (χ0v) is 11.3. The van der Waals surface area contributed by atoms with Gasteiger partial charge in [-0.25, -0.2) is 9.97 Å². The molecule has 0 aromatic carbocycles. The molecule has 90 valence electrons. The summed E-state index contributed by atoms with van der Waals surface area (Å²) in [6.45, 7) is 6.74. The highest BCUT2D eigenvalue weighted by Gasteiger charge is 2.09. The Morgan fingerprint density at radius 1 is 1.31 bits per heavy atom. The Morgan fingerprint density at radius 3 is 2.50 bits per heavy atom. The van der Waals surface area contributed by atoms with E-state index in [0.717, 1.165) is 17.9 Å². The minimum absolute atomic E-state index is 0.438. The quantitative estimate of drug-likeness (QED) is 0.822. The van der Waals surface area contributed by atoms with Crippen LogP contribution in [-0.4, -0.2) is 41.5 Å². The second-order valence-electron chi connectivity index (χ2n) is 4.23. The van der Waals surface area contributed by atoms with Crippen molar-refractivity contribution in [3.8, 4) is 0 Å². The molecule has 0 aliphatic rings. The van der Waals surface area contributed by atoms with Gasteiger partial charge in [-0.05, 0) is 34.9 Å². The average molecular weight is 243 g/mol. The van der Waals surface area contributed by atoms with E-state index in [-0.39, 0.29) is 0 Å². The highest BCUT2D eigenvalue weighted by Crippen LogP contribution is 2.19. The van der Waals surface area contributed by atoms with Crippen LogP contribution in [0.2, 0.25) is 5.15 Å². The number of anilines is 1. The SMILES string of the molecule is Cc1nc(Cl)c(C)c(NCC(C)N(C)C)n1. The standard InChI is InChI=1S/C11H19ClN4/c1-7(16(4)5)6-13-11-8(2)10(12)14-9(3)15-11/h7H,6H2,1-5H3,(H,13,14,15). The van der Waals surface area contributed by atoms with Crippen molar-refractivity contribution in [1.82, 2.24) is 14.9 Å². The van der Waals surface area contributed by atoms with Gasteiger partial charge in [-0.1, -0.05) is 11.6 Å². The van der Waals surface area contributed by atoms with E-state index >= 15 is 0 Å². The number of nitrogens with one attached hydrogen (secondary N) is 1. The summed E-state index contributed by atoms with van der Waals surface area (Å²) in [6.07, 6.45) is 0. The Labute approximate surface area is 102 Å². The van der Waals surface area contributed by atoms with E-state index in [1.54, 1.807) is 0 Å². The maximum Gasteiger partial charge on any atom is 0.137 e. The number of rotatable bonds is 4. The van der Waals surface area contributed by atoms with Gasteiger partial charge in [0.2, 0.25) is 0 Å². The molecule has 0 aliphatic heterocycles. The van der Waals surface area contributed by atoms with Crippen molar-refractivity contribution in [3.05, 3.63) is 16.5 Å². The first kappa shape index (κ1) is 13.2. The summed E-state index contributed by atoms with van der Waals surface area (Å²) in [5.41, 5.74) is 0.901. The first-order valence-corrected chi connectivity index (χ1v) is 5.70. The van der Waals surface area contributed by atoms with Gasteiger partial charge in [0.05, 0.1) is 0 Å². The van der Waals surface area contributed by atoms with Crippen LogP contribution in [0.15, 0.2) is 0 Å². The molecule has 16 heavy (non-hydrogen) atoms. The molecule has 5 heteroatoms. The third-order valence-corrected chi connectivity index (χ3v) is 3.01. The van der Waals surface area contributed by atoms with E-state index in [2.05, 4.69) is 41.2 Å². The van der Waals surface area contributed by atoms with E-state index in [0.29, 0.717) is 17.0 Å². The molecular formula is C11H19ClN4. The molecule has 0 saturated carbocycles. The van der Waals surface area contributed by atoms with Gasteiger partial charge >= 0.3 is 0 Å². The maximum absolute atomic E-state index is 6.00. The van der Waals surface area contributed by atoms with E-state index in [1.165, 1.54) is 0 Å². The molecule has 0 radical (unpaired) electrons. The van der Waals surface area contributed by atoms with E-state index < -0.39 is 0 Å². The van der Waals surface area contributed by atoms with Crippen molar-refractivity contribution in [3.63, 3.8) is 0 Å². The molecule has 1 aromatic heterocycles. The van der Waals surface area contributed by atoms with Crippen molar-refractivity contribution in [2.75, 3.05) is 26.0 Å². The van der Waals surface area contributed by atoms with Crippen LogP contribution >= 0.6 is 11.6 Å². The molecule has 0 fully saturated rings. The fourth-order valence-corrected chi connectivity index (χ4v) is 1.41. The number of likely N-dealkylation sites (N-methyl/N-ethyl adjacent to an activating group) is 1. The molecule has 0 amide bonds.